The number of nitrogens with zero attached hydrogens (tertiary/aromatic N) is 1. The van der Waals surface area contributed by atoms with Gasteiger partial charge in [0.1, 0.15) is 0 Å². The van der Waals surface area contributed by atoms with Crippen molar-refractivity contribution in [2.24, 2.45) is 11.8 Å². The molecule has 0 aromatic rings. The summed E-state index contributed by atoms with van der Waals surface area (Å²) in [5, 5.41) is 7.23. The molecule has 1 aliphatic heterocycles. The van der Waals surface area contributed by atoms with E-state index in [9.17, 15) is 4.79 Å². The standard InChI is InChI=1S/C15H27N3O/c1-18(2)9-14(19)17-15-10-5-3-7-12(10)16-13-8-4-6-11(13)15/h10-13,15-16H,3-9H2,1-2H3,(H,17,19). The van der Waals surface area contributed by atoms with Crippen molar-refractivity contribution in [3.63, 3.8) is 0 Å². The third kappa shape index (κ3) is 2.65. The van der Waals surface area contributed by atoms with Crippen LogP contribution in [-0.2, 0) is 4.79 Å². The zero-order chi connectivity index (χ0) is 13.4. The molecule has 4 atom stereocenters. The van der Waals surface area contributed by atoms with Crippen LogP contribution in [0.5, 0.6) is 0 Å². The van der Waals surface area contributed by atoms with Gasteiger partial charge in [-0.15, -0.1) is 0 Å². The van der Waals surface area contributed by atoms with Crippen molar-refractivity contribution in [2.75, 3.05) is 20.6 Å². The summed E-state index contributed by atoms with van der Waals surface area (Å²) in [6.07, 6.45) is 7.81. The third-order valence-electron chi connectivity index (χ3n) is 5.28. The molecular formula is C15H27N3O. The van der Waals surface area contributed by atoms with Gasteiger partial charge < -0.3 is 15.5 Å². The number of fused-ring (bicyclic) bond motifs is 2. The molecule has 3 fully saturated rings. The van der Waals surface area contributed by atoms with Crippen LogP contribution in [0.3, 0.4) is 0 Å². The maximum absolute atomic E-state index is 12.1. The first-order valence-electron chi connectivity index (χ1n) is 7.85. The number of likely N-dealkylation sites (N-methyl/N-ethyl adjacent to an activating group) is 1. The Kier molecular flexibility index (Phi) is 3.81. The summed E-state index contributed by atoms with van der Waals surface area (Å²) in [5.74, 6) is 1.55. The molecule has 1 heterocycles. The highest BCUT2D eigenvalue weighted by atomic mass is 16.2. The average molecular weight is 265 g/mol. The first-order valence-corrected chi connectivity index (χ1v) is 7.85. The van der Waals surface area contributed by atoms with Crippen molar-refractivity contribution in [3.8, 4) is 0 Å². The van der Waals surface area contributed by atoms with E-state index in [0.717, 1.165) is 0 Å². The largest absolute Gasteiger partial charge is 0.352 e. The fraction of sp³-hybridized carbons (Fsp3) is 0.933. The highest BCUT2D eigenvalue weighted by molar-refractivity contribution is 5.78. The Labute approximate surface area is 116 Å². The maximum atomic E-state index is 12.1. The van der Waals surface area contributed by atoms with Gasteiger partial charge in [0.05, 0.1) is 6.54 Å². The topological polar surface area (TPSA) is 44.4 Å². The van der Waals surface area contributed by atoms with Crippen molar-refractivity contribution in [1.29, 1.82) is 0 Å². The normalized spacial score (nSPS) is 41.1. The molecule has 2 saturated carbocycles. The number of hydrogen-bond donors (Lipinski definition) is 2. The second-order valence-corrected chi connectivity index (χ2v) is 6.90. The van der Waals surface area contributed by atoms with Crippen LogP contribution in [0.25, 0.3) is 0 Å². The molecule has 0 spiro atoms. The monoisotopic (exact) mass is 265 g/mol. The Bertz CT molecular complexity index is 324. The number of carbonyl (C=O) groups excluding carboxylic acids is 1. The van der Waals surface area contributed by atoms with E-state index >= 15 is 0 Å². The third-order valence-corrected chi connectivity index (χ3v) is 5.28. The molecular weight excluding hydrogens is 238 g/mol. The molecule has 0 bridgehead atoms. The summed E-state index contributed by atoms with van der Waals surface area (Å²) in [7, 11) is 3.91. The van der Waals surface area contributed by atoms with Gasteiger partial charge in [0.15, 0.2) is 0 Å². The fourth-order valence-electron chi connectivity index (χ4n) is 4.58. The van der Waals surface area contributed by atoms with E-state index in [1.165, 1.54) is 38.5 Å². The second-order valence-electron chi connectivity index (χ2n) is 6.90. The first kappa shape index (κ1) is 13.4. The van der Waals surface area contributed by atoms with Crippen molar-refractivity contribution < 1.29 is 4.79 Å². The van der Waals surface area contributed by atoms with Gasteiger partial charge in [0, 0.05) is 18.1 Å². The number of piperidine rings is 1. The van der Waals surface area contributed by atoms with E-state index in [0.29, 0.717) is 36.5 Å². The summed E-state index contributed by atoms with van der Waals surface area (Å²) in [5.41, 5.74) is 0. The molecule has 108 valence electrons. The Morgan fingerprint density at radius 1 is 1.11 bits per heavy atom. The summed E-state index contributed by atoms with van der Waals surface area (Å²) in [4.78, 5) is 14.1. The van der Waals surface area contributed by atoms with Gasteiger partial charge in [-0.3, -0.25) is 4.79 Å². The Morgan fingerprint density at radius 3 is 2.21 bits per heavy atom. The fourth-order valence-corrected chi connectivity index (χ4v) is 4.58. The van der Waals surface area contributed by atoms with Crippen molar-refractivity contribution in [1.82, 2.24) is 15.5 Å². The second kappa shape index (κ2) is 5.41. The Balaban J connectivity index is 1.70. The van der Waals surface area contributed by atoms with E-state index in [1.807, 2.05) is 19.0 Å². The molecule has 2 aliphatic carbocycles. The van der Waals surface area contributed by atoms with Crippen LogP contribution < -0.4 is 10.6 Å². The summed E-state index contributed by atoms with van der Waals surface area (Å²) in [6, 6.07) is 1.74. The van der Waals surface area contributed by atoms with Crippen LogP contribution >= 0.6 is 0 Å². The summed E-state index contributed by atoms with van der Waals surface area (Å²) in [6.45, 7) is 0.513. The van der Waals surface area contributed by atoms with Crippen LogP contribution in [0.2, 0.25) is 0 Å². The zero-order valence-corrected chi connectivity index (χ0v) is 12.2. The zero-order valence-electron chi connectivity index (χ0n) is 12.2. The lowest BCUT2D eigenvalue weighted by molar-refractivity contribution is -0.123. The molecule has 0 aromatic carbocycles. The van der Waals surface area contributed by atoms with Gasteiger partial charge in [0.25, 0.3) is 0 Å². The van der Waals surface area contributed by atoms with Gasteiger partial charge in [-0.05, 0) is 51.6 Å². The minimum Gasteiger partial charge on any atom is -0.352 e. The quantitative estimate of drug-likeness (QED) is 0.799. The predicted molar refractivity (Wildman–Crippen MR) is 75.9 cm³/mol. The number of hydrogen-bond acceptors (Lipinski definition) is 3. The molecule has 4 nitrogen and oxygen atoms in total. The molecule has 1 saturated heterocycles. The van der Waals surface area contributed by atoms with Gasteiger partial charge in [-0.25, -0.2) is 0 Å². The molecule has 4 heteroatoms. The molecule has 0 aromatic heterocycles. The van der Waals surface area contributed by atoms with E-state index in [1.54, 1.807) is 0 Å². The molecule has 1 amide bonds. The molecule has 2 N–H and O–H groups in total. The van der Waals surface area contributed by atoms with Crippen LogP contribution in [-0.4, -0.2) is 49.6 Å². The SMILES string of the molecule is CN(C)CC(=O)NC1C2CCCC2NC2CCCC21. The summed E-state index contributed by atoms with van der Waals surface area (Å²) >= 11 is 0. The van der Waals surface area contributed by atoms with Gasteiger partial charge in [-0.2, -0.15) is 0 Å². The lowest BCUT2D eigenvalue weighted by atomic mass is 9.78. The highest BCUT2D eigenvalue weighted by Crippen LogP contribution is 2.42. The van der Waals surface area contributed by atoms with Gasteiger partial charge >= 0.3 is 0 Å². The Morgan fingerprint density at radius 2 is 1.68 bits per heavy atom. The van der Waals surface area contributed by atoms with Gasteiger partial charge in [0.2, 0.25) is 5.91 Å². The predicted octanol–water partition coefficient (Wildman–Crippen LogP) is 0.973. The number of carbonyl (C=O) groups is 1. The van der Waals surface area contributed by atoms with Crippen molar-refractivity contribution in [2.45, 2.75) is 56.7 Å². The van der Waals surface area contributed by atoms with E-state index < -0.39 is 0 Å². The number of amides is 1. The number of nitrogens with one attached hydrogen (secondary N) is 2. The molecule has 0 radical (unpaired) electrons. The van der Waals surface area contributed by atoms with Crippen LogP contribution in [0, 0.1) is 11.8 Å². The maximum Gasteiger partial charge on any atom is 0.234 e. The van der Waals surface area contributed by atoms with Crippen molar-refractivity contribution >= 4 is 5.91 Å². The highest BCUT2D eigenvalue weighted by Gasteiger charge is 2.48. The van der Waals surface area contributed by atoms with Crippen molar-refractivity contribution in [3.05, 3.63) is 0 Å². The first-order chi connectivity index (χ1) is 9.15. The molecule has 19 heavy (non-hydrogen) atoms. The lowest BCUT2D eigenvalue weighted by Gasteiger charge is -2.43. The smallest absolute Gasteiger partial charge is 0.234 e. The molecule has 3 rings (SSSR count). The average Bonchev–Trinajstić information content (AvgIpc) is 2.94. The van der Waals surface area contributed by atoms with Crippen LogP contribution in [0.1, 0.15) is 38.5 Å². The summed E-state index contributed by atoms with van der Waals surface area (Å²) < 4.78 is 0. The molecule has 3 aliphatic rings. The van der Waals surface area contributed by atoms with E-state index in [4.69, 9.17) is 0 Å². The van der Waals surface area contributed by atoms with E-state index in [-0.39, 0.29) is 5.91 Å². The minimum atomic E-state index is 0.202. The minimum absolute atomic E-state index is 0.202. The van der Waals surface area contributed by atoms with Crippen LogP contribution in [0.15, 0.2) is 0 Å². The van der Waals surface area contributed by atoms with Gasteiger partial charge in [-0.1, -0.05) is 12.8 Å². The van der Waals surface area contributed by atoms with E-state index in [2.05, 4.69) is 10.6 Å². The lowest BCUT2D eigenvalue weighted by Crippen LogP contribution is -2.61. The number of rotatable bonds is 3. The molecule has 4 unspecified atom stereocenters. The Hall–Kier alpha value is -0.610. The van der Waals surface area contributed by atoms with Crippen LogP contribution in [0.4, 0.5) is 0 Å².